The van der Waals surface area contributed by atoms with E-state index in [2.05, 4.69) is 5.32 Å². The summed E-state index contributed by atoms with van der Waals surface area (Å²) in [5.74, 6) is 0.142. The van der Waals surface area contributed by atoms with Gasteiger partial charge in [0.25, 0.3) is 0 Å². The van der Waals surface area contributed by atoms with Gasteiger partial charge in [-0.05, 0) is 36.9 Å². The average Bonchev–Trinajstić information content (AvgIpc) is 3.01. The van der Waals surface area contributed by atoms with Crippen molar-refractivity contribution >= 4 is 28.3 Å². The Morgan fingerprint density at radius 3 is 2.58 bits per heavy atom. The number of sulfonamides is 1. The van der Waals surface area contributed by atoms with Crippen molar-refractivity contribution in [3.8, 4) is 0 Å². The zero-order chi connectivity index (χ0) is 17.0. The van der Waals surface area contributed by atoms with Crippen molar-refractivity contribution in [1.29, 1.82) is 0 Å². The van der Waals surface area contributed by atoms with Gasteiger partial charge in [-0.1, -0.05) is 24.6 Å². The molecule has 3 N–H and O–H groups in total. The number of carbonyl (C=O) groups excluding carboxylic acids is 1. The minimum Gasteiger partial charge on any atom is -0.352 e. The molecule has 0 aromatic heterocycles. The van der Waals surface area contributed by atoms with E-state index in [-0.39, 0.29) is 41.6 Å². The molecule has 1 aromatic carbocycles. The van der Waals surface area contributed by atoms with Gasteiger partial charge in [0.15, 0.2) is 0 Å². The molecule has 1 saturated carbocycles. The normalized spacial score (nSPS) is 20.7. The minimum atomic E-state index is -3.53. The highest BCUT2D eigenvalue weighted by atomic mass is 35.5. The van der Waals surface area contributed by atoms with Crippen LogP contribution >= 0.6 is 12.4 Å². The van der Waals surface area contributed by atoms with Crippen molar-refractivity contribution in [2.75, 3.05) is 20.6 Å². The van der Waals surface area contributed by atoms with E-state index in [9.17, 15) is 13.2 Å². The molecule has 24 heavy (non-hydrogen) atoms. The molecular formula is C16H26ClN3O3S. The summed E-state index contributed by atoms with van der Waals surface area (Å²) in [6.07, 6.45) is 2.86. The maximum absolute atomic E-state index is 12.4. The summed E-state index contributed by atoms with van der Waals surface area (Å²) in [5, 5.41) is 2.88. The topological polar surface area (TPSA) is 92.5 Å². The Morgan fingerprint density at radius 2 is 1.96 bits per heavy atom. The van der Waals surface area contributed by atoms with Gasteiger partial charge in [-0.3, -0.25) is 4.79 Å². The number of nitrogens with zero attached hydrogens (tertiary/aromatic N) is 1. The SMILES string of the molecule is CN(C)S(=O)(=O)c1ccccc1CNC(=O)[C@@H]1CCC[C@@H]1CN.Cl. The van der Waals surface area contributed by atoms with Gasteiger partial charge in [0.1, 0.15) is 0 Å². The first kappa shape index (κ1) is 20.9. The van der Waals surface area contributed by atoms with Crippen LogP contribution in [0.5, 0.6) is 0 Å². The van der Waals surface area contributed by atoms with Crippen molar-refractivity contribution in [2.24, 2.45) is 17.6 Å². The number of benzene rings is 1. The molecule has 1 amide bonds. The standard InChI is InChI=1S/C16H25N3O3S.ClH/c1-19(2)23(21,22)15-9-4-3-6-13(15)11-18-16(20)14-8-5-7-12(14)10-17;/h3-4,6,9,12,14H,5,7-8,10-11,17H2,1-2H3,(H,18,20);1H/t12-,14-;/m1./s1. The second-order valence-electron chi connectivity index (χ2n) is 6.15. The van der Waals surface area contributed by atoms with Crippen LogP contribution in [-0.2, 0) is 21.4 Å². The molecule has 0 unspecified atom stereocenters. The fraction of sp³-hybridized carbons (Fsp3) is 0.562. The van der Waals surface area contributed by atoms with E-state index in [1.165, 1.54) is 18.4 Å². The Morgan fingerprint density at radius 1 is 1.29 bits per heavy atom. The van der Waals surface area contributed by atoms with E-state index >= 15 is 0 Å². The molecule has 0 spiro atoms. The second-order valence-corrected chi connectivity index (χ2v) is 8.27. The number of amides is 1. The maximum Gasteiger partial charge on any atom is 0.242 e. The molecule has 0 radical (unpaired) electrons. The third-order valence-corrected chi connectivity index (χ3v) is 6.40. The molecule has 0 heterocycles. The molecule has 1 aromatic rings. The number of nitrogens with one attached hydrogen (secondary N) is 1. The van der Waals surface area contributed by atoms with E-state index in [4.69, 9.17) is 5.73 Å². The quantitative estimate of drug-likeness (QED) is 0.784. The van der Waals surface area contributed by atoms with Crippen LogP contribution in [0.3, 0.4) is 0 Å². The first-order chi connectivity index (χ1) is 10.9. The lowest BCUT2D eigenvalue weighted by molar-refractivity contribution is -0.126. The molecule has 0 saturated heterocycles. The maximum atomic E-state index is 12.4. The lowest BCUT2D eigenvalue weighted by atomic mass is 9.95. The highest BCUT2D eigenvalue weighted by Gasteiger charge is 2.32. The minimum absolute atomic E-state index is 0. The number of hydrogen-bond acceptors (Lipinski definition) is 4. The molecule has 1 fully saturated rings. The molecular weight excluding hydrogens is 350 g/mol. The van der Waals surface area contributed by atoms with Gasteiger partial charge >= 0.3 is 0 Å². The predicted molar refractivity (Wildman–Crippen MR) is 96.3 cm³/mol. The van der Waals surface area contributed by atoms with Crippen LogP contribution in [0.4, 0.5) is 0 Å². The van der Waals surface area contributed by atoms with Gasteiger partial charge in [0.05, 0.1) is 4.90 Å². The van der Waals surface area contributed by atoms with E-state index < -0.39 is 10.0 Å². The van der Waals surface area contributed by atoms with Crippen LogP contribution in [0.1, 0.15) is 24.8 Å². The number of hydrogen-bond donors (Lipinski definition) is 2. The molecule has 2 atom stereocenters. The molecule has 6 nitrogen and oxygen atoms in total. The smallest absolute Gasteiger partial charge is 0.242 e. The Bertz CT molecular complexity index is 664. The van der Waals surface area contributed by atoms with Crippen LogP contribution < -0.4 is 11.1 Å². The van der Waals surface area contributed by atoms with Crippen LogP contribution in [0.25, 0.3) is 0 Å². The van der Waals surface area contributed by atoms with Gasteiger partial charge in [0.2, 0.25) is 15.9 Å². The van der Waals surface area contributed by atoms with Crippen molar-refractivity contribution in [3.63, 3.8) is 0 Å². The Kier molecular flexibility index (Phi) is 7.66. The van der Waals surface area contributed by atoms with E-state index in [0.29, 0.717) is 12.1 Å². The Labute approximate surface area is 150 Å². The predicted octanol–water partition coefficient (Wildman–Crippen LogP) is 1.35. The average molecular weight is 376 g/mol. The van der Waals surface area contributed by atoms with Crippen molar-refractivity contribution in [1.82, 2.24) is 9.62 Å². The summed E-state index contributed by atoms with van der Waals surface area (Å²) in [5.41, 5.74) is 6.31. The van der Waals surface area contributed by atoms with Gasteiger partial charge in [-0.25, -0.2) is 12.7 Å². The van der Waals surface area contributed by atoms with Crippen LogP contribution in [0.2, 0.25) is 0 Å². The van der Waals surface area contributed by atoms with Crippen molar-refractivity contribution < 1.29 is 13.2 Å². The molecule has 136 valence electrons. The largest absolute Gasteiger partial charge is 0.352 e. The summed E-state index contributed by atoms with van der Waals surface area (Å²) >= 11 is 0. The summed E-state index contributed by atoms with van der Waals surface area (Å²) in [6.45, 7) is 0.722. The zero-order valence-corrected chi connectivity index (χ0v) is 15.7. The first-order valence-corrected chi connectivity index (χ1v) is 9.30. The summed E-state index contributed by atoms with van der Waals surface area (Å²) in [6, 6.07) is 6.75. The van der Waals surface area contributed by atoms with E-state index in [0.717, 1.165) is 19.3 Å². The fourth-order valence-corrected chi connectivity index (χ4v) is 4.19. The van der Waals surface area contributed by atoms with Crippen LogP contribution in [-0.4, -0.2) is 39.3 Å². The monoisotopic (exact) mass is 375 g/mol. The van der Waals surface area contributed by atoms with Gasteiger partial charge in [-0.15, -0.1) is 12.4 Å². The number of halogens is 1. The van der Waals surface area contributed by atoms with Crippen molar-refractivity contribution in [3.05, 3.63) is 29.8 Å². The zero-order valence-electron chi connectivity index (χ0n) is 14.1. The van der Waals surface area contributed by atoms with Crippen LogP contribution in [0, 0.1) is 11.8 Å². The molecule has 1 aliphatic carbocycles. The molecule has 0 aliphatic heterocycles. The summed E-state index contributed by atoms with van der Waals surface area (Å²) in [4.78, 5) is 12.6. The van der Waals surface area contributed by atoms with Crippen molar-refractivity contribution in [2.45, 2.75) is 30.7 Å². The Balaban J connectivity index is 0.00000288. The number of carbonyl (C=O) groups is 1. The third-order valence-electron chi connectivity index (χ3n) is 4.48. The summed E-state index contributed by atoms with van der Waals surface area (Å²) in [7, 11) is -0.538. The lowest BCUT2D eigenvalue weighted by Crippen LogP contribution is -2.35. The van der Waals surface area contributed by atoms with Gasteiger partial charge in [-0.2, -0.15) is 0 Å². The molecule has 2 rings (SSSR count). The highest BCUT2D eigenvalue weighted by Crippen LogP contribution is 2.31. The number of nitrogens with two attached hydrogens (primary N) is 1. The number of rotatable bonds is 6. The molecule has 1 aliphatic rings. The van der Waals surface area contributed by atoms with E-state index in [1.807, 2.05) is 0 Å². The fourth-order valence-electron chi connectivity index (χ4n) is 3.08. The Hall–Kier alpha value is -1.15. The van der Waals surface area contributed by atoms with Crippen LogP contribution in [0.15, 0.2) is 29.2 Å². The van der Waals surface area contributed by atoms with Gasteiger partial charge < -0.3 is 11.1 Å². The third kappa shape index (κ3) is 4.47. The first-order valence-electron chi connectivity index (χ1n) is 7.86. The van der Waals surface area contributed by atoms with E-state index in [1.54, 1.807) is 24.3 Å². The lowest BCUT2D eigenvalue weighted by Gasteiger charge is -2.19. The highest BCUT2D eigenvalue weighted by molar-refractivity contribution is 7.89. The van der Waals surface area contributed by atoms with Gasteiger partial charge in [0, 0.05) is 26.6 Å². The molecule has 0 bridgehead atoms. The second kappa shape index (κ2) is 8.80. The summed E-state index contributed by atoms with van der Waals surface area (Å²) < 4.78 is 25.9. The molecule has 8 heteroatoms.